The summed E-state index contributed by atoms with van der Waals surface area (Å²) >= 11 is 5.79. The van der Waals surface area contributed by atoms with Crippen LogP contribution >= 0.6 is 11.6 Å². The fraction of sp³-hybridized carbons (Fsp3) is 0.533. The Morgan fingerprint density at radius 3 is 2.67 bits per heavy atom. The van der Waals surface area contributed by atoms with Crippen molar-refractivity contribution in [1.82, 2.24) is 5.32 Å². The fourth-order valence-corrected chi connectivity index (χ4v) is 2.22. The van der Waals surface area contributed by atoms with Gasteiger partial charge in [-0.25, -0.2) is 0 Å². The van der Waals surface area contributed by atoms with Crippen molar-refractivity contribution in [2.45, 2.75) is 31.5 Å². The summed E-state index contributed by atoms with van der Waals surface area (Å²) in [5, 5.41) is 13.6. The van der Waals surface area contributed by atoms with E-state index >= 15 is 0 Å². The number of benzene rings is 1. The molecule has 1 heterocycles. The largest absolute Gasteiger partial charge is 0.481 e. The van der Waals surface area contributed by atoms with Gasteiger partial charge in [-0.05, 0) is 31.2 Å². The molecule has 1 amide bonds. The Balaban J connectivity index is 1.80. The molecule has 1 aliphatic heterocycles. The number of amides is 1. The smallest absolute Gasteiger partial charge is 0.260 e. The maximum atomic E-state index is 12.0. The van der Waals surface area contributed by atoms with E-state index in [1.165, 1.54) is 0 Å². The molecule has 0 radical (unpaired) electrons. The summed E-state index contributed by atoms with van der Waals surface area (Å²) in [6, 6.07) is 6.81. The van der Waals surface area contributed by atoms with E-state index < -0.39 is 11.7 Å². The van der Waals surface area contributed by atoms with Crippen molar-refractivity contribution < 1.29 is 19.4 Å². The van der Waals surface area contributed by atoms with Crippen LogP contribution in [-0.2, 0) is 9.53 Å². The summed E-state index contributed by atoms with van der Waals surface area (Å²) < 4.78 is 10.7. The van der Waals surface area contributed by atoms with Crippen LogP contribution < -0.4 is 10.1 Å². The minimum atomic E-state index is -0.881. The molecule has 2 rings (SSSR count). The fourth-order valence-electron chi connectivity index (χ4n) is 2.09. The second kappa shape index (κ2) is 7.11. The van der Waals surface area contributed by atoms with Gasteiger partial charge in [-0.3, -0.25) is 4.79 Å². The number of nitrogens with one attached hydrogen (secondary N) is 1. The minimum Gasteiger partial charge on any atom is -0.481 e. The van der Waals surface area contributed by atoms with Gasteiger partial charge in [0.15, 0.2) is 6.10 Å². The number of rotatable bonds is 5. The number of halogens is 1. The number of carbonyl (C=O) groups excluding carboxylic acids is 1. The molecule has 0 aromatic heterocycles. The van der Waals surface area contributed by atoms with Crippen LogP contribution in [0.3, 0.4) is 0 Å². The van der Waals surface area contributed by atoms with Crippen LogP contribution in [0.1, 0.15) is 19.8 Å². The number of carbonyl (C=O) groups is 1. The average molecular weight is 314 g/mol. The SMILES string of the molecule is CC(Oc1ccc(Cl)cc1)C(=O)NCC1(O)CCOCC1. The third-order valence-corrected chi connectivity index (χ3v) is 3.76. The van der Waals surface area contributed by atoms with Crippen LogP contribution in [0.2, 0.25) is 5.02 Å². The lowest BCUT2D eigenvalue weighted by Crippen LogP contribution is -2.49. The van der Waals surface area contributed by atoms with Crippen LogP contribution in [0, 0.1) is 0 Å². The Morgan fingerprint density at radius 1 is 1.43 bits per heavy atom. The highest BCUT2D eigenvalue weighted by molar-refractivity contribution is 6.30. The highest BCUT2D eigenvalue weighted by atomic mass is 35.5. The van der Waals surface area contributed by atoms with E-state index in [1.807, 2.05) is 0 Å². The summed E-state index contributed by atoms with van der Waals surface area (Å²) in [6.07, 6.45) is 0.411. The highest BCUT2D eigenvalue weighted by Crippen LogP contribution is 2.20. The van der Waals surface area contributed by atoms with Gasteiger partial charge in [0.2, 0.25) is 0 Å². The van der Waals surface area contributed by atoms with Gasteiger partial charge >= 0.3 is 0 Å². The Labute approximate surface area is 129 Å². The predicted octanol–water partition coefficient (Wildman–Crippen LogP) is 1.76. The molecule has 0 aliphatic carbocycles. The van der Waals surface area contributed by atoms with E-state index in [0.717, 1.165) is 0 Å². The van der Waals surface area contributed by atoms with Crippen molar-refractivity contribution in [2.75, 3.05) is 19.8 Å². The number of hydrogen-bond acceptors (Lipinski definition) is 4. The monoisotopic (exact) mass is 313 g/mol. The second-order valence-corrected chi connectivity index (χ2v) is 5.70. The Hall–Kier alpha value is -1.30. The maximum Gasteiger partial charge on any atom is 0.260 e. The second-order valence-electron chi connectivity index (χ2n) is 5.27. The topological polar surface area (TPSA) is 67.8 Å². The Bertz CT molecular complexity index is 471. The first-order chi connectivity index (χ1) is 9.98. The standard InChI is InChI=1S/C15H20ClNO4/c1-11(21-13-4-2-12(16)3-5-13)14(18)17-10-15(19)6-8-20-9-7-15/h2-5,11,19H,6-10H2,1H3,(H,17,18). The van der Waals surface area contributed by atoms with E-state index in [4.69, 9.17) is 21.1 Å². The lowest BCUT2D eigenvalue weighted by Gasteiger charge is -2.32. The van der Waals surface area contributed by atoms with Gasteiger partial charge in [0, 0.05) is 37.6 Å². The zero-order valence-corrected chi connectivity index (χ0v) is 12.7. The van der Waals surface area contributed by atoms with E-state index in [1.54, 1.807) is 31.2 Å². The van der Waals surface area contributed by atoms with Crippen molar-refractivity contribution in [3.05, 3.63) is 29.3 Å². The van der Waals surface area contributed by atoms with Gasteiger partial charge in [-0.15, -0.1) is 0 Å². The van der Waals surface area contributed by atoms with E-state index in [-0.39, 0.29) is 12.5 Å². The van der Waals surface area contributed by atoms with Gasteiger partial charge in [0.05, 0.1) is 5.60 Å². The van der Waals surface area contributed by atoms with Crippen LogP contribution in [0.5, 0.6) is 5.75 Å². The molecule has 116 valence electrons. The lowest BCUT2D eigenvalue weighted by atomic mass is 9.94. The average Bonchev–Trinajstić information content (AvgIpc) is 2.48. The Kier molecular flexibility index (Phi) is 5.45. The third-order valence-electron chi connectivity index (χ3n) is 3.51. The molecule has 1 atom stereocenters. The molecule has 1 unspecified atom stereocenters. The van der Waals surface area contributed by atoms with Crippen molar-refractivity contribution in [3.63, 3.8) is 0 Å². The summed E-state index contributed by atoms with van der Waals surface area (Å²) in [4.78, 5) is 12.0. The molecule has 5 nitrogen and oxygen atoms in total. The van der Waals surface area contributed by atoms with Crippen LogP contribution in [0.25, 0.3) is 0 Å². The zero-order valence-electron chi connectivity index (χ0n) is 12.0. The zero-order chi connectivity index (χ0) is 15.3. The molecule has 0 saturated carbocycles. The van der Waals surface area contributed by atoms with Crippen molar-refractivity contribution in [2.24, 2.45) is 0 Å². The minimum absolute atomic E-state index is 0.212. The summed E-state index contributed by atoms with van der Waals surface area (Å²) in [5.74, 6) is 0.316. The van der Waals surface area contributed by atoms with Gasteiger partial charge < -0.3 is 19.9 Å². The number of aliphatic hydroxyl groups is 1. The van der Waals surface area contributed by atoms with Gasteiger partial charge in [0.1, 0.15) is 5.75 Å². The molecule has 1 aromatic rings. The summed E-state index contributed by atoms with van der Waals surface area (Å²) in [7, 11) is 0. The van der Waals surface area contributed by atoms with Crippen molar-refractivity contribution in [1.29, 1.82) is 0 Å². The first-order valence-corrected chi connectivity index (χ1v) is 7.36. The lowest BCUT2D eigenvalue weighted by molar-refractivity contribution is -0.130. The van der Waals surface area contributed by atoms with Crippen molar-refractivity contribution >= 4 is 17.5 Å². The molecule has 21 heavy (non-hydrogen) atoms. The molecule has 1 aliphatic rings. The molecular formula is C15H20ClNO4. The first-order valence-electron chi connectivity index (χ1n) is 6.99. The van der Waals surface area contributed by atoms with Gasteiger partial charge in [-0.2, -0.15) is 0 Å². The summed E-state index contributed by atoms with van der Waals surface area (Å²) in [5.41, 5.74) is -0.881. The molecule has 6 heteroatoms. The maximum absolute atomic E-state index is 12.0. The van der Waals surface area contributed by atoms with Crippen LogP contribution in [0.15, 0.2) is 24.3 Å². The molecule has 2 N–H and O–H groups in total. The van der Waals surface area contributed by atoms with Crippen molar-refractivity contribution in [3.8, 4) is 5.75 Å². The molecule has 1 aromatic carbocycles. The predicted molar refractivity (Wildman–Crippen MR) is 79.6 cm³/mol. The molecule has 0 spiro atoms. The molecule has 0 bridgehead atoms. The normalized spacial score (nSPS) is 18.8. The number of ether oxygens (including phenoxy) is 2. The molecule has 1 saturated heterocycles. The van der Waals surface area contributed by atoms with Gasteiger partial charge in [-0.1, -0.05) is 11.6 Å². The quantitative estimate of drug-likeness (QED) is 0.869. The molecular weight excluding hydrogens is 294 g/mol. The van der Waals surface area contributed by atoms with Gasteiger partial charge in [0.25, 0.3) is 5.91 Å². The third kappa shape index (κ3) is 4.88. The van der Waals surface area contributed by atoms with E-state index in [0.29, 0.717) is 36.8 Å². The van der Waals surface area contributed by atoms with Crippen LogP contribution in [0.4, 0.5) is 0 Å². The highest BCUT2D eigenvalue weighted by Gasteiger charge is 2.30. The van der Waals surface area contributed by atoms with E-state index in [9.17, 15) is 9.90 Å². The first kappa shape index (κ1) is 16.1. The molecule has 1 fully saturated rings. The summed E-state index contributed by atoms with van der Waals surface area (Å²) in [6.45, 7) is 2.91. The number of hydrogen-bond donors (Lipinski definition) is 2. The Morgan fingerprint density at radius 2 is 2.05 bits per heavy atom. The van der Waals surface area contributed by atoms with Crippen LogP contribution in [-0.4, -0.2) is 42.5 Å². The van der Waals surface area contributed by atoms with E-state index in [2.05, 4.69) is 5.32 Å².